The number of hydrogen-bond donors (Lipinski definition) is 2. The SMILES string of the molecule is COc1cccc(N(CC(=O)Nc2ccc(S(=O)(=O)Nc3ccc(Br)cc3)cc2)S(=O)(=O)c2ccc(C)cc2)c1. The van der Waals surface area contributed by atoms with Crippen LogP contribution in [0.25, 0.3) is 0 Å². The minimum atomic E-state index is -4.12. The summed E-state index contributed by atoms with van der Waals surface area (Å²) >= 11 is 3.30. The minimum absolute atomic E-state index is 0.00614. The van der Waals surface area contributed by atoms with Gasteiger partial charge in [0.1, 0.15) is 12.3 Å². The van der Waals surface area contributed by atoms with Gasteiger partial charge in [0.2, 0.25) is 5.91 Å². The van der Waals surface area contributed by atoms with Gasteiger partial charge in [0.25, 0.3) is 20.0 Å². The number of carbonyl (C=O) groups excluding carboxylic acids is 1. The van der Waals surface area contributed by atoms with Crippen molar-refractivity contribution in [3.63, 3.8) is 0 Å². The monoisotopic (exact) mass is 643 g/mol. The second kappa shape index (κ2) is 12.1. The Balaban J connectivity index is 1.54. The molecule has 2 N–H and O–H groups in total. The third kappa shape index (κ3) is 7.00. The number of halogens is 1. The first-order valence-electron chi connectivity index (χ1n) is 11.9. The molecule has 0 radical (unpaired) electrons. The van der Waals surface area contributed by atoms with E-state index in [-0.39, 0.29) is 15.5 Å². The number of carbonyl (C=O) groups is 1. The Labute approximate surface area is 242 Å². The molecular formula is C28H26BrN3O6S2. The summed E-state index contributed by atoms with van der Waals surface area (Å²) in [6.45, 7) is 1.31. The quantitative estimate of drug-likeness (QED) is 0.239. The standard InChI is InChI=1S/C28H26BrN3O6S2/c1-20-6-14-27(15-7-20)40(36,37)32(24-4-3-5-25(18-24)38-2)19-28(33)30-22-12-16-26(17-13-22)39(34,35)31-23-10-8-21(29)9-11-23/h3-18,31H,19H2,1-2H3,(H,30,33). The van der Waals surface area contributed by atoms with E-state index in [4.69, 9.17) is 4.74 Å². The van der Waals surface area contributed by atoms with Crippen molar-refractivity contribution in [2.24, 2.45) is 0 Å². The van der Waals surface area contributed by atoms with Crippen molar-refractivity contribution < 1.29 is 26.4 Å². The molecule has 4 aromatic carbocycles. The first-order valence-corrected chi connectivity index (χ1v) is 15.6. The number of rotatable bonds is 10. The number of nitrogens with one attached hydrogen (secondary N) is 2. The predicted molar refractivity (Wildman–Crippen MR) is 159 cm³/mol. The first-order chi connectivity index (χ1) is 19.0. The van der Waals surface area contributed by atoms with Crippen LogP contribution >= 0.6 is 15.9 Å². The molecule has 208 valence electrons. The highest BCUT2D eigenvalue weighted by Gasteiger charge is 2.27. The summed E-state index contributed by atoms with van der Waals surface area (Å²) in [6, 6.07) is 24.9. The third-order valence-electron chi connectivity index (χ3n) is 5.78. The number of hydrogen-bond acceptors (Lipinski definition) is 6. The van der Waals surface area contributed by atoms with Crippen molar-refractivity contribution >= 4 is 58.9 Å². The topological polar surface area (TPSA) is 122 Å². The Bertz CT molecular complexity index is 1710. The fourth-order valence-electron chi connectivity index (χ4n) is 3.70. The maximum Gasteiger partial charge on any atom is 0.264 e. The summed E-state index contributed by atoms with van der Waals surface area (Å²) < 4.78 is 62.2. The molecule has 0 fully saturated rings. The van der Waals surface area contributed by atoms with Gasteiger partial charge in [-0.3, -0.25) is 13.8 Å². The molecule has 40 heavy (non-hydrogen) atoms. The van der Waals surface area contributed by atoms with E-state index in [1.54, 1.807) is 54.6 Å². The lowest BCUT2D eigenvalue weighted by molar-refractivity contribution is -0.114. The molecule has 0 unspecified atom stereocenters. The molecule has 4 aromatic rings. The lowest BCUT2D eigenvalue weighted by Gasteiger charge is -2.24. The zero-order chi connectivity index (χ0) is 28.9. The lowest BCUT2D eigenvalue weighted by atomic mass is 10.2. The number of anilines is 3. The molecule has 0 heterocycles. The van der Waals surface area contributed by atoms with Crippen LogP contribution in [0.15, 0.2) is 111 Å². The number of nitrogens with zero attached hydrogens (tertiary/aromatic N) is 1. The molecule has 0 saturated carbocycles. The molecule has 9 nitrogen and oxygen atoms in total. The van der Waals surface area contributed by atoms with Gasteiger partial charge in [-0.1, -0.05) is 39.7 Å². The predicted octanol–water partition coefficient (Wildman–Crippen LogP) is 5.40. The number of aryl methyl sites for hydroxylation is 1. The molecule has 0 aliphatic carbocycles. The first kappa shape index (κ1) is 29.1. The van der Waals surface area contributed by atoms with Crippen molar-refractivity contribution in [1.82, 2.24) is 0 Å². The van der Waals surface area contributed by atoms with Crippen LogP contribution < -0.4 is 19.1 Å². The number of ether oxygens (including phenoxy) is 1. The fourth-order valence-corrected chi connectivity index (χ4v) is 6.43. The maximum absolute atomic E-state index is 13.6. The van der Waals surface area contributed by atoms with E-state index in [1.807, 2.05) is 6.92 Å². The average Bonchev–Trinajstić information content (AvgIpc) is 2.93. The lowest BCUT2D eigenvalue weighted by Crippen LogP contribution is -2.38. The highest BCUT2D eigenvalue weighted by atomic mass is 79.9. The molecule has 4 rings (SSSR count). The van der Waals surface area contributed by atoms with Crippen molar-refractivity contribution in [1.29, 1.82) is 0 Å². The number of benzene rings is 4. The van der Waals surface area contributed by atoms with Gasteiger partial charge in [0.05, 0.1) is 22.6 Å². The average molecular weight is 645 g/mol. The van der Waals surface area contributed by atoms with Crippen molar-refractivity contribution in [2.45, 2.75) is 16.7 Å². The van der Waals surface area contributed by atoms with Crippen LogP contribution in [0.3, 0.4) is 0 Å². The molecule has 0 atom stereocenters. The van der Waals surface area contributed by atoms with E-state index >= 15 is 0 Å². The Morgan fingerprint density at radius 1 is 0.825 bits per heavy atom. The third-order valence-corrected chi connectivity index (χ3v) is 9.50. The summed E-state index contributed by atoms with van der Waals surface area (Å²) in [5, 5.41) is 2.64. The summed E-state index contributed by atoms with van der Waals surface area (Å²) in [5.41, 5.74) is 1.83. The number of amides is 1. The van der Waals surface area contributed by atoms with Gasteiger partial charge < -0.3 is 10.1 Å². The van der Waals surface area contributed by atoms with Gasteiger partial charge in [0.15, 0.2) is 0 Å². The van der Waals surface area contributed by atoms with Crippen LogP contribution in [0.2, 0.25) is 0 Å². The van der Waals surface area contributed by atoms with Gasteiger partial charge in [-0.15, -0.1) is 0 Å². The Morgan fingerprint density at radius 3 is 2.05 bits per heavy atom. The van der Waals surface area contributed by atoms with Gasteiger partial charge in [-0.05, 0) is 79.7 Å². The largest absolute Gasteiger partial charge is 0.497 e. The van der Waals surface area contributed by atoms with Crippen LogP contribution in [0.1, 0.15) is 5.56 Å². The van der Waals surface area contributed by atoms with Crippen molar-refractivity contribution in [3.05, 3.63) is 107 Å². The number of methoxy groups -OCH3 is 1. The van der Waals surface area contributed by atoms with E-state index in [0.717, 1.165) is 14.3 Å². The second-order valence-corrected chi connectivity index (χ2v) is 13.2. The van der Waals surface area contributed by atoms with Gasteiger partial charge in [0, 0.05) is 21.9 Å². The molecule has 1 amide bonds. The maximum atomic E-state index is 13.6. The van der Waals surface area contributed by atoms with Crippen molar-refractivity contribution in [3.8, 4) is 5.75 Å². The van der Waals surface area contributed by atoms with Crippen LogP contribution in [-0.4, -0.2) is 36.4 Å². The van der Waals surface area contributed by atoms with Gasteiger partial charge >= 0.3 is 0 Å². The highest BCUT2D eigenvalue weighted by Crippen LogP contribution is 2.27. The summed E-state index contributed by atoms with van der Waals surface area (Å²) in [5.74, 6) is -0.197. The van der Waals surface area contributed by atoms with E-state index < -0.39 is 32.5 Å². The highest BCUT2D eigenvalue weighted by molar-refractivity contribution is 9.10. The Morgan fingerprint density at radius 2 is 1.43 bits per heavy atom. The van der Waals surface area contributed by atoms with Crippen LogP contribution in [0.4, 0.5) is 17.1 Å². The normalized spacial score (nSPS) is 11.5. The number of sulfonamides is 2. The van der Waals surface area contributed by atoms with Crippen molar-refractivity contribution in [2.75, 3.05) is 28.0 Å². The van der Waals surface area contributed by atoms with E-state index in [2.05, 4.69) is 26.0 Å². The molecule has 0 aliphatic heterocycles. The molecule has 0 spiro atoms. The van der Waals surface area contributed by atoms with Gasteiger partial charge in [-0.2, -0.15) is 0 Å². The molecule has 12 heteroatoms. The zero-order valence-corrected chi connectivity index (χ0v) is 24.8. The summed E-state index contributed by atoms with van der Waals surface area (Å²) in [7, 11) is -6.52. The molecular weight excluding hydrogens is 618 g/mol. The van der Waals surface area contributed by atoms with E-state index in [9.17, 15) is 21.6 Å². The molecule has 0 saturated heterocycles. The fraction of sp³-hybridized carbons (Fsp3) is 0.107. The van der Waals surface area contributed by atoms with Crippen LogP contribution in [0.5, 0.6) is 5.75 Å². The van der Waals surface area contributed by atoms with Crippen LogP contribution in [0, 0.1) is 6.92 Å². The smallest absolute Gasteiger partial charge is 0.264 e. The zero-order valence-electron chi connectivity index (χ0n) is 21.5. The summed E-state index contributed by atoms with van der Waals surface area (Å²) in [4.78, 5) is 13.1. The molecule has 0 aliphatic rings. The summed E-state index contributed by atoms with van der Waals surface area (Å²) in [6.07, 6.45) is 0. The van der Waals surface area contributed by atoms with Crippen LogP contribution in [-0.2, 0) is 24.8 Å². The van der Waals surface area contributed by atoms with E-state index in [1.165, 1.54) is 49.6 Å². The van der Waals surface area contributed by atoms with E-state index in [0.29, 0.717) is 17.1 Å². The Hall–Kier alpha value is -3.87. The molecule has 0 bridgehead atoms. The second-order valence-electron chi connectivity index (χ2n) is 8.71. The minimum Gasteiger partial charge on any atom is -0.497 e. The Kier molecular flexibility index (Phi) is 8.82. The van der Waals surface area contributed by atoms with Gasteiger partial charge in [-0.25, -0.2) is 16.8 Å². The molecule has 0 aromatic heterocycles.